The van der Waals surface area contributed by atoms with Crippen LogP contribution in [0.2, 0.25) is 0 Å². The molecular weight excluding hydrogens is 73.0 g/mol. The maximum Gasteiger partial charge on any atom is -0.00612 e. The number of hydrogen-bond acceptors (Lipinski definition) is 1. The van der Waals surface area contributed by atoms with E-state index in [9.17, 15) is 0 Å². The van der Waals surface area contributed by atoms with Crippen LogP contribution in [0.3, 0.4) is 0 Å². The summed E-state index contributed by atoms with van der Waals surface area (Å²) in [6.07, 6.45) is 0. The van der Waals surface area contributed by atoms with Crippen LogP contribution in [0.4, 0.5) is 0 Å². The number of rotatable bonds is 0. The Morgan fingerprint density at radius 2 is 2.25 bits per heavy atom. The van der Waals surface area contributed by atoms with E-state index in [-0.39, 0.29) is 0 Å². The fraction of sp³-hybridized carbons (Fsp3) is 0. The van der Waals surface area contributed by atoms with E-state index in [0.29, 0.717) is 0 Å². The zero-order chi connectivity index (χ0) is 3.41. The van der Waals surface area contributed by atoms with Crippen LogP contribution in [0.25, 0.3) is 10.4 Å². The molecule has 0 aliphatic rings. The van der Waals surface area contributed by atoms with Crippen molar-refractivity contribution in [1.82, 2.24) is 0 Å². The summed E-state index contributed by atoms with van der Waals surface area (Å²) in [6, 6.07) is 0. The van der Waals surface area contributed by atoms with Crippen LogP contribution in [-0.2, 0) is 0 Å². The van der Waals surface area contributed by atoms with E-state index in [1.54, 1.807) is 0 Å². The van der Waals surface area contributed by atoms with E-state index in [4.69, 9.17) is 5.53 Å². The molecule has 0 amide bonds. The second-order valence-corrected chi connectivity index (χ2v) is 0.389. The van der Waals surface area contributed by atoms with Gasteiger partial charge in [0.25, 0.3) is 0 Å². The van der Waals surface area contributed by atoms with Crippen molar-refractivity contribution in [1.29, 1.82) is 0 Å². The molecule has 0 atom stereocenters. The quantitative estimate of drug-likeness (QED) is 0.180. The molecule has 0 saturated heterocycles. The Bertz CT molecular complexity index is 41.2. The largest absolute Gasteiger partial charge is 0.477 e. The Morgan fingerprint density at radius 3 is 2.25 bits per heavy atom. The summed E-state index contributed by atoms with van der Waals surface area (Å²) in [5.74, 6) is 0. The van der Waals surface area contributed by atoms with Crippen molar-refractivity contribution < 1.29 is 0 Å². The fourth-order valence-corrected chi connectivity index (χ4v) is 0. The molecule has 0 radical (unpaired) electrons. The normalized spacial score (nSPS) is 4.25. The van der Waals surface area contributed by atoms with E-state index in [1.165, 1.54) is 0 Å². The minimum Gasteiger partial charge on any atom is -0.477 e. The lowest BCUT2D eigenvalue weighted by Crippen LogP contribution is -0.957. The van der Waals surface area contributed by atoms with E-state index in [1.807, 2.05) is 0 Å². The standard InChI is InChI=1S/HN3P/c1-2-3-4/h4H/q-1. The molecule has 0 unspecified atom stereocenters. The lowest BCUT2D eigenvalue weighted by atomic mass is 13.0. The van der Waals surface area contributed by atoms with Gasteiger partial charge in [-0.25, -0.2) is 0 Å². The molecule has 0 aromatic heterocycles. The van der Waals surface area contributed by atoms with Crippen LogP contribution in [0, 0.1) is 0 Å². The summed E-state index contributed by atoms with van der Waals surface area (Å²) in [6.45, 7) is 0. The van der Waals surface area contributed by atoms with Gasteiger partial charge in [0.15, 0.2) is 0 Å². The van der Waals surface area contributed by atoms with Crippen LogP contribution < -0.4 is 0 Å². The van der Waals surface area contributed by atoms with Crippen molar-refractivity contribution in [2.24, 2.45) is 4.88 Å². The molecule has 0 aliphatic carbocycles. The van der Waals surface area contributed by atoms with Crippen LogP contribution >= 0.6 is 9.39 Å². The van der Waals surface area contributed by atoms with Gasteiger partial charge in [0, 0.05) is 0 Å². The van der Waals surface area contributed by atoms with Gasteiger partial charge in [0.1, 0.15) is 0 Å². The van der Waals surface area contributed by atoms with Gasteiger partial charge in [-0.3, -0.25) is 4.88 Å². The summed E-state index contributed by atoms with van der Waals surface area (Å²) in [7, 11) is 2.50. The van der Waals surface area contributed by atoms with E-state index in [2.05, 4.69) is 19.2 Å². The van der Waals surface area contributed by atoms with Crippen LogP contribution in [-0.4, -0.2) is 0 Å². The molecule has 0 bridgehead atoms. The number of nitrogens with zero attached hydrogens (tertiary/aromatic N) is 3. The lowest BCUT2D eigenvalue weighted by Gasteiger charge is -1.59. The van der Waals surface area contributed by atoms with E-state index < -0.39 is 0 Å². The van der Waals surface area contributed by atoms with Crippen molar-refractivity contribution in [3.8, 4) is 0 Å². The molecule has 22 valence electrons. The van der Waals surface area contributed by atoms with Gasteiger partial charge >= 0.3 is 0 Å². The SMILES string of the molecule is [N-]=[N+]=N[PH-]. The van der Waals surface area contributed by atoms with Gasteiger partial charge in [-0.15, -0.1) is 0 Å². The minimum absolute atomic E-state index is 2.27. The number of azide groups is 1. The maximum absolute atomic E-state index is 7.28. The molecule has 0 aromatic rings. The van der Waals surface area contributed by atoms with Gasteiger partial charge < -0.3 is 9.39 Å². The highest BCUT2D eigenvalue weighted by Gasteiger charge is 1.10. The Kier molecular flexibility index (Phi) is 2.56. The van der Waals surface area contributed by atoms with E-state index >= 15 is 0 Å². The zero-order valence-electron chi connectivity index (χ0n) is 1.84. The van der Waals surface area contributed by atoms with Gasteiger partial charge in [-0.05, 0) is 10.4 Å². The molecule has 4 heavy (non-hydrogen) atoms. The minimum atomic E-state index is 2.27. The third-order valence-electron chi connectivity index (χ3n) is 0.0447. The summed E-state index contributed by atoms with van der Waals surface area (Å²) in [4.78, 5) is 5.00. The molecule has 0 saturated carbocycles. The Hall–Kier alpha value is -0.260. The first-order chi connectivity index (χ1) is 1.91. The Morgan fingerprint density at radius 1 is 2.00 bits per heavy atom. The molecule has 0 rings (SSSR count). The van der Waals surface area contributed by atoms with Crippen LogP contribution in [0.5, 0.6) is 0 Å². The maximum atomic E-state index is 7.28. The molecule has 0 heterocycles. The zero-order valence-corrected chi connectivity index (χ0v) is 2.84. The third-order valence-corrected chi connectivity index (χ3v) is 0.134. The van der Waals surface area contributed by atoms with E-state index in [0.717, 1.165) is 0 Å². The Balaban J connectivity index is 3.11. The molecule has 4 heteroatoms. The van der Waals surface area contributed by atoms with Crippen LogP contribution in [0.15, 0.2) is 4.88 Å². The summed E-state index contributed by atoms with van der Waals surface area (Å²) >= 11 is 0. The summed E-state index contributed by atoms with van der Waals surface area (Å²) < 4.78 is 0. The van der Waals surface area contributed by atoms with Crippen molar-refractivity contribution in [2.45, 2.75) is 0 Å². The lowest BCUT2D eigenvalue weighted by molar-refractivity contribution is 1.82. The molecule has 0 fully saturated rings. The highest BCUT2D eigenvalue weighted by atomic mass is 31.0. The van der Waals surface area contributed by atoms with Crippen molar-refractivity contribution in [3.05, 3.63) is 10.4 Å². The number of hydrogen-bond donors (Lipinski definition) is 0. The first kappa shape index (κ1) is 3.74. The topological polar surface area (TPSA) is 48.8 Å². The second-order valence-electron chi connectivity index (χ2n) is 0.189. The van der Waals surface area contributed by atoms with Gasteiger partial charge in [-0.2, -0.15) is 0 Å². The van der Waals surface area contributed by atoms with Gasteiger partial charge in [0.2, 0.25) is 0 Å². The fourth-order valence-electron chi connectivity index (χ4n) is 0. The highest BCUT2D eigenvalue weighted by Crippen LogP contribution is 1.75. The average molecular weight is 74.0 g/mol. The van der Waals surface area contributed by atoms with Gasteiger partial charge in [-0.1, -0.05) is 0 Å². The smallest absolute Gasteiger partial charge is 0.00612 e. The van der Waals surface area contributed by atoms with Crippen molar-refractivity contribution >= 4 is 9.39 Å². The second kappa shape index (κ2) is 2.74. The molecule has 0 spiro atoms. The summed E-state index contributed by atoms with van der Waals surface area (Å²) in [5.41, 5.74) is 7.28. The van der Waals surface area contributed by atoms with Crippen molar-refractivity contribution in [3.63, 3.8) is 0 Å². The predicted molar refractivity (Wildman–Crippen MR) is 17.5 cm³/mol. The average Bonchev–Trinajstić information content (AvgIpc) is 1.37. The van der Waals surface area contributed by atoms with Gasteiger partial charge in [0.05, 0.1) is 0 Å². The van der Waals surface area contributed by atoms with Crippen molar-refractivity contribution in [2.75, 3.05) is 0 Å². The van der Waals surface area contributed by atoms with Crippen LogP contribution in [0.1, 0.15) is 0 Å². The third kappa shape index (κ3) is 1.74. The molecule has 0 aromatic carbocycles. The molecular formula is HN3P-. The molecule has 3 nitrogen and oxygen atoms in total. The predicted octanol–water partition coefficient (Wildman–Crippen LogP) is 1.35. The first-order valence-electron chi connectivity index (χ1n) is 0.624. The highest BCUT2D eigenvalue weighted by molar-refractivity contribution is 7.14. The molecule has 0 N–H and O–H groups in total. The summed E-state index contributed by atoms with van der Waals surface area (Å²) in [5, 5.41) is 0. The first-order valence-corrected chi connectivity index (χ1v) is 1.07. The Labute approximate surface area is 25.9 Å². The monoisotopic (exact) mass is 74.0 g/mol. The molecule has 0 aliphatic heterocycles.